The van der Waals surface area contributed by atoms with Crippen LogP contribution in [0.15, 0.2) is 0 Å². The fourth-order valence-corrected chi connectivity index (χ4v) is 2.78. The van der Waals surface area contributed by atoms with E-state index in [-0.39, 0.29) is 0 Å². The minimum atomic E-state index is 1.12. The molecule has 0 atom stereocenters. The molecule has 1 nitrogen and oxygen atoms in total. The zero-order chi connectivity index (χ0) is 17.1. The van der Waals surface area contributed by atoms with Crippen molar-refractivity contribution in [3.05, 3.63) is 0 Å². The molecular formula is C19H42AgBrN+. The number of hydrogen-bond acceptors (Lipinski definition) is 0. The van der Waals surface area contributed by atoms with Gasteiger partial charge < -0.3 is 4.48 Å². The predicted octanol–water partition coefficient (Wildman–Crippen LogP) is 7.02. The van der Waals surface area contributed by atoms with Crippen LogP contribution in [0, 0.1) is 0 Å². The van der Waals surface area contributed by atoms with Crippen molar-refractivity contribution in [3.8, 4) is 0 Å². The van der Waals surface area contributed by atoms with E-state index in [1.165, 1.54) is 96.4 Å². The molecule has 0 saturated carbocycles. The molecule has 0 aliphatic rings. The Bertz CT molecular complexity index is 192. The van der Waals surface area contributed by atoms with Gasteiger partial charge in [0, 0.05) is 0 Å². The van der Waals surface area contributed by atoms with Crippen molar-refractivity contribution >= 4 is 13.0 Å². The predicted molar refractivity (Wildman–Crippen MR) is 102 cm³/mol. The maximum atomic E-state index is 2.76. The van der Waals surface area contributed by atoms with Gasteiger partial charge in [0.25, 0.3) is 0 Å². The van der Waals surface area contributed by atoms with E-state index in [0.717, 1.165) is 4.48 Å². The Kier molecular flexibility index (Phi) is 23.4. The van der Waals surface area contributed by atoms with E-state index >= 15 is 0 Å². The second-order valence-corrected chi connectivity index (χ2v) is 7.61. The van der Waals surface area contributed by atoms with E-state index in [1.54, 1.807) is 0 Å². The summed E-state index contributed by atoms with van der Waals surface area (Å²) < 4.78 is 1.12. The van der Waals surface area contributed by atoms with Crippen LogP contribution in [0.25, 0.3) is 0 Å². The molecule has 0 amide bonds. The van der Waals surface area contributed by atoms with E-state index < -0.39 is 0 Å². The van der Waals surface area contributed by atoms with Gasteiger partial charge in [-0.3, -0.25) is 0 Å². The summed E-state index contributed by atoms with van der Waals surface area (Å²) in [5.41, 5.74) is 0. The second-order valence-electron chi connectivity index (χ2n) is 7.61. The van der Waals surface area contributed by atoms with E-state index in [0.29, 0.717) is 0 Å². The van der Waals surface area contributed by atoms with Crippen LogP contribution in [0.1, 0.15) is 96.8 Å². The van der Waals surface area contributed by atoms with Gasteiger partial charge in [-0.1, -0.05) is 84.0 Å². The summed E-state index contributed by atoms with van der Waals surface area (Å²) in [4.78, 5) is 0. The van der Waals surface area contributed by atoms with Crippen molar-refractivity contribution in [1.29, 1.82) is 0 Å². The molecule has 0 N–H and O–H groups in total. The summed E-state index contributed by atoms with van der Waals surface area (Å²) in [6, 6.07) is 0. The van der Waals surface area contributed by atoms with Crippen LogP contribution in [0.5, 0.6) is 0 Å². The number of quaternary nitrogens is 1. The summed E-state index contributed by atoms with van der Waals surface area (Å²) in [6.45, 7) is 3.63. The van der Waals surface area contributed by atoms with Gasteiger partial charge in [0.15, 0.2) is 0 Å². The quantitative estimate of drug-likeness (QED) is 0.137. The van der Waals surface area contributed by atoms with Gasteiger partial charge in [-0.15, -0.1) is 0 Å². The molecule has 0 aliphatic heterocycles. The Labute approximate surface area is 160 Å². The molecule has 0 aromatic heterocycles. The van der Waals surface area contributed by atoms with Crippen molar-refractivity contribution in [2.75, 3.05) is 27.7 Å². The van der Waals surface area contributed by atoms with Gasteiger partial charge in [0.05, 0.1) is 27.7 Å². The summed E-state index contributed by atoms with van der Waals surface area (Å²) in [5.74, 6) is 0. The number of halogens is 1. The summed E-state index contributed by atoms with van der Waals surface area (Å²) in [7, 11) is 6.88. The van der Waals surface area contributed by atoms with Crippen LogP contribution in [-0.4, -0.2) is 32.2 Å². The first-order valence-electron chi connectivity index (χ1n) is 9.48. The molecule has 0 bridgehead atoms. The van der Waals surface area contributed by atoms with Gasteiger partial charge in [-0.2, -0.15) is 0 Å². The first-order valence-corrected chi connectivity index (χ1v) is 12.9. The third-order valence-corrected chi connectivity index (χ3v) is 4.18. The molecular weight excluding hydrogens is 430 g/mol. The fourth-order valence-electron chi connectivity index (χ4n) is 2.78. The molecule has 0 aromatic carbocycles. The van der Waals surface area contributed by atoms with Crippen molar-refractivity contribution in [3.63, 3.8) is 0 Å². The Hall–Kier alpha value is 1.18. The number of nitrogens with zero attached hydrogens (tertiary/aromatic N) is 1. The number of hydrogen-bond donors (Lipinski definition) is 0. The van der Waals surface area contributed by atoms with Crippen LogP contribution >= 0.6 is 13.0 Å². The molecule has 0 heterocycles. The molecule has 22 heavy (non-hydrogen) atoms. The summed E-state index contributed by atoms with van der Waals surface area (Å²) in [5, 5.41) is 0. The van der Waals surface area contributed by atoms with Crippen LogP contribution < -0.4 is 0 Å². The molecule has 0 aromatic rings. The minimum absolute atomic E-state index is 1.12. The molecule has 0 spiro atoms. The molecule has 0 fully saturated rings. The Morgan fingerprint density at radius 2 is 0.818 bits per heavy atom. The van der Waals surface area contributed by atoms with Crippen molar-refractivity contribution in [1.82, 2.24) is 0 Å². The molecule has 0 unspecified atom stereocenters. The fraction of sp³-hybridized carbons (Fsp3) is 1.00. The first-order chi connectivity index (χ1) is 10.6. The number of unbranched alkanes of at least 4 members (excludes halogenated alkanes) is 13. The van der Waals surface area contributed by atoms with E-state index in [1.807, 2.05) is 0 Å². The topological polar surface area (TPSA) is 0 Å². The summed E-state index contributed by atoms with van der Waals surface area (Å²) >= 11 is 5.51. The van der Waals surface area contributed by atoms with Crippen LogP contribution in [0.3, 0.4) is 0 Å². The van der Waals surface area contributed by atoms with Gasteiger partial charge in [-0.25, -0.2) is 0 Å². The van der Waals surface area contributed by atoms with Crippen molar-refractivity contribution in [2.24, 2.45) is 0 Å². The third-order valence-electron chi connectivity index (χ3n) is 4.18. The molecule has 0 rings (SSSR count). The van der Waals surface area contributed by atoms with Gasteiger partial charge in [0.2, 0.25) is 0 Å². The standard InChI is InChI=1S/C19H42N.Ag.BrH/c1-5-6-7-8-9-10-11-12-13-14-15-16-17-18-19-20(2,3)4;;/h5-19H2,1-4H3;;1H/q2*+1;/p-1. The van der Waals surface area contributed by atoms with Crippen LogP contribution in [0.2, 0.25) is 0 Å². The summed E-state index contributed by atoms with van der Waals surface area (Å²) in [6.07, 6.45) is 20.4. The van der Waals surface area contributed by atoms with E-state index in [9.17, 15) is 0 Å². The van der Waals surface area contributed by atoms with Crippen LogP contribution in [-0.2, 0) is 18.9 Å². The van der Waals surface area contributed by atoms with Gasteiger partial charge in [-0.05, 0) is 12.8 Å². The second kappa shape index (κ2) is 20.2. The molecule has 0 radical (unpaired) electrons. The van der Waals surface area contributed by atoms with Crippen molar-refractivity contribution < 1.29 is 23.4 Å². The number of rotatable bonds is 15. The van der Waals surface area contributed by atoms with Gasteiger partial charge >= 0.3 is 32.0 Å². The molecule has 0 aliphatic carbocycles. The zero-order valence-corrected chi connectivity index (χ0v) is 18.8. The average Bonchev–Trinajstić information content (AvgIpc) is 2.48. The first kappa shape index (κ1) is 25.4. The Balaban J connectivity index is 0. The molecule has 140 valence electrons. The monoisotopic (exact) mass is 470 g/mol. The Morgan fingerprint density at radius 3 is 1.09 bits per heavy atom. The normalized spacial score (nSPS) is 11.2. The zero-order valence-electron chi connectivity index (χ0n) is 15.7. The maximum absolute atomic E-state index is 2.76. The Morgan fingerprint density at radius 1 is 0.545 bits per heavy atom. The average molecular weight is 472 g/mol. The molecule has 0 saturated heterocycles. The van der Waals surface area contributed by atoms with Crippen molar-refractivity contribution in [2.45, 2.75) is 96.8 Å². The molecule has 3 heteroatoms. The van der Waals surface area contributed by atoms with Gasteiger partial charge in [0.1, 0.15) is 0 Å². The third kappa shape index (κ3) is 26.1. The van der Waals surface area contributed by atoms with E-state index in [4.69, 9.17) is 0 Å². The van der Waals surface area contributed by atoms with E-state index in [2.05, 4.69) is 60.0 Å². The SMILES string of the molecule is CCCCCCCCCCCCCCCC[N+](C)(C)C.[Br][Ag]. The van der Waals surface area contributed by atoms with Crippen LogP contribution in [0.4, 0.5) is 0 Å².